The lowest BCUT2D eigenvalue weighted by molar-refractivity contribution is -0.132. The normalized spacial score (nSPS) is 26.7. The van der Waals surface area contributed by atoms with Gasteiger partial charge in [-0.1, -0.05) is 19.1 Å². The summed E-state index contributed by atoms with van der Waals surface area (Å²) in [7, 11) is 1.73. The second-order valence-corrected chi connectivity index (χ2v) is 7.46. The van der Waals surface area contributed by atoms with Crippen molar-refractivity contribution in [2.24, 2.45) is 5.41 Å². The number of Topliss-reactive ketones (excluding diaryl/α,β-unsaturated/α-hetero) is 1. The van der Waals surface area contributed by atoms with Gasteiger partial charge in [0.05, 0.1) is 7.11 Å². The van der Waals surface area contributed by atoms with Crippen LogP contribution >= 0.6 is 0 Å². The first-order valence-electron chi connectivity index (χ1n) is 8.68. The van der Waals surface area contributed by atoms with Gasteiger partial charge in [-0.3, -0.25) is 4.79 Å². The lowest BCUT2D eigenvalue weighted by atomic mass is 9.58. The minimum absolute atomic E-state index is 0.138. The Morgan fingerprint density at radius 2 is 2.04 bits per heavy atom. The van der Waals surface area contributed by atoms with Crippen molar-refractivity contribution in [1.29, 1.82) is 0 Å². The molecular formula is C21H24O2. The van der Waals surface area contributed by atoms with Gasteiger partial charge in [0.1, 0.15) is 11.5 Å². The van der Waals surface area contributed by atoms with Gasteiger partial charge in [0, 0.05) is 11.8 Å². The molecule has 0 saturated heterocycles. The van der Waals surface area contributed by atoms with Crippen molar-refractivity contribution in [3.8, 4) is 5.75 Å². The number of carbonyl (C=O) groups excluding carboxylic acids is 1. The van der Waals surface area contributed by atoms with Crippen molar-refractivity contribution >= 4 is 16.6 Å². The molecule has 2 atom stereocenters. The molecule has 0 bridgehead atoms. The van der Waals surface area contributed by atoms with Gasteiger partial charge in [0.2, 0.25) is 0 Å². The predicted octanol–water partition coefficient (Wildman–Crippen LogP) is 4.95. The Hall–Kier alpha value is -1.83. The molecule has 0 unspecified atom stereocenters. The molecule has 4 rings (SSSR count). The smallest absolute Gasteiger partial charge is 0.139 e. The van der Waals surface area contributed by atoms with E-state index in [4.69, 9.17) is 4.74 Å². The van der Waals surface area contributed by atoms with Crippen LogP contribution < -0.4 is 4.74 Å². The van der Waals surface area contributed by atoms with Crippen LogP contribution in [0, 0.1) is 12.3 Å². The van der Waals surface area contributed by atoms with Gasteiger partial charge in [-0.15, -0.1) is 0 Å². The topological polar surface area (TPSA) is 26.3 Å². The maximum atomic E-state index is 12.5. The second-order valence-electron chi connectivity index (χ2n) is 7.46. The molecule has 2 heteroatoms. The molecule has 0 heterocycles. The van der Waals surface area contributed by atoms with Gasteiger partial charge in [-0.2, -0.15) is 0 Å². The molecule has 2 aromatic rings. The van der Waals surface area contributed by atoms with E-state index in [0.29, 0.717) is 11.7 Å². The molecule has 0 spiro atoms. The molecule has 0 aromatic heterocycles. The number of hydrogen-bond donors (Lipinski definition) is 0. The Kier molecular flexibility index (Phi) is 3.26. The number of methoxy groups -OCH3 is 1. The van der Waals surface area contributed by atoms with Crippen molar-refractivity contribution in [2.45, 2.75) is 51.9 Å². The first-order chi connectivity index (χ1) is 11.0. The molecule has 1 fully saturated rings. The third kappa shape index (κ3) is 2.04. The van der Waals surface area contributed by atoms with E-state index in [1.807, 2.05) is 0 Å². The molecule has 1 saturated carbocycles. The molecule has 2 nitrogen and oxygen atoms in total. The van der Waals surface area contributed by atoms with Gasteiger partial charge >= 0.3 is 0 Å². The van der Waals surface area contributed by atoms with Gasteiger partial charge in [-0.05, 0) is 78.1 Å². The summed E-state index contributed by atoms with van der Waals surface area (Å²) < 4.78 is 5.47. The van der Waals surface area contributed by atoms with E-state index < -0.39 is 0 Å². The van der Waals surface area contributed by atoms with E-state index in [2.05, 4.69) is 38.1 Å². The number of hydrogen-bond acceptors (Lipinski definition) is 2. The SMILES string of the molecule is COc1cc2ccc3c(c2cc1C)CC[C@]1(C)C(=O)CCC[C@@H]31. The van der Waals surface area contributed by atoms with Crippen LogP contribution in [0.2, 0.25) is 0 Å². The molecule has 23 heavy (non-hydrogen) atoms. The Labute approximate surface area is 137 Å². The van der Waals surface area contributed by atoms with Crippen LogP contribution in [0.3, 0.4) is 0 Å². The van der Waals surface area contributed by atoms with Crippen molar-refractivity contribution in [3.63, 3.8) is 0 Å². The van der Waals surface area contributed by atoms with E-state index in [0.717, 1.165) is 37.9 Å². The number of carbonyl (C=O) groups is 1. The summed E-state index contributed by atoms with van der Waals surface area (Å²) in [5, 5.41) is 2.60. The van der Waals surface area contributed by atoms with E-state index in [1.54, 1.807) is 7.11 Å². The Morgan fingerprint density at radius 1 is 1.22 bits per heavy atom. The first kappa shape index (κ1) is 14.7. The first-order valence-corrected chi connectivity index (χ1v) is 8.68. The van der Waals surface area contributed by atoms with Gasteiger partial charge in [0.25, 0.3) is 0 Å². The third-order valence-electron chi connectivity index (χ3n) is 6.26. The van der Waals surface area contributed by atoms with Crippen molar-refractivity contribution in [3.05, 3.63) is 41.0 Å². The summed E-state index contributed by atoms with van der Waals surface area (Å²) in [6.45, 7) is 4.31. The van der Waals surface area contributed by atoms with Crippen LogP contribution in [-0.2, 0) is 11.2 Å². The van der Waals surface area contributed by atoms with Gasteiger partial charge in [0.15, 0.2) is 0 Å². The van der Waals surface area contributed by atoms with E-state index in [-0.39, 0.29) is 5.41 Å². The zero-order valence-corrected chi connectivity index (χ0v) is 14.2. The summed E-state index contributed by atoms with van der Waals surface area (Å²) >= 11 is 0. The third-order valence-corrected chi connectivity index (χ3v) is 6.26. The number of fused-ring (bicyclic) bond motifs is 5. The number of rotatable bonds is 1. The molecule has 120 valence electrons. The van der Waals surface area contributed by atoms with Crippen LogP contribution in [0.4, 0.5) is 0 Å². The monoisotopic (exact) mass is 308 g/mol. The number of ketones is 1. The number of benzene rings is 2. The molecule has 2 aliphatic rings. The summed E-state index contributed by atoms with van der Waals surface area (Å²) in [5.41, 5.74) is 3.93. The van der Waals surface area contributed by atoms with E-state index in [9.17, 15) is 4.79 Å². The fourth-order valence-corrected chi connectivity index (χ4v) is 4.83. The standard InChI is InChI=1S/C21H24O2/c1-13-11-17-14(12-19(13)23-3)7-8-16-15(17)9-10-21(2)18(16)5-4-6-20(21)22/h7-8,11-12,18H,4-6,9-10H2,1-3H3/t18-,21-/m0/s1. The highest BCUT2D eigenvalue weighted by molar-refractivity contribution is 5.92. The highest BCUT2D eigenvalue weighted by Crippen LogP contribution is 2.53. The number of aryl methyl sites for hydroxylation is 2. The van der Waals surface area contributed by atoms with Crippen LogP contribution in [0.15, 0.2) is 24.3 Å². The van der Waals surface area contributed by atoms with Crippen molar-refractivity contribution in [2.75, 3.05) is 7.11 Å². The minimum atomic E-state index is -0.138. The Bertz CT molecular complexity index is 805. The molecule has 0 amide bonds. The highest BCUT2D eigenvalue weighted by atomic mass is 16.5. The van der Waals surface area contributed by atoms with E-state index >= 15 is 0 Å². The molecule has 0 radical (unpaired) electrons. The van der Waals surface area contributed by atoms with Crippen LogP contribution in [0.5, 0.6) is 5.75 Å². The zero-order chi connectivity index (χ0) is 16.2. The Morgan fingerprint density at radius 3 is 2.83 bits per heavy atom. The zero-order valence-electron chi connectivity index (χ0n) is 14.2. The highest BCUT2D eigenvalue weighted by Gasteiger charge is 2.46. The van der Waals surface area contributed by atoms with Gasteiger partial charge in [-0.25, -0.2) is 0 Å². The molecule has 2 aromatic carbocycles. The van der Waals surface area contributed by atoms with E-state index in [1.165, 1.54) is 27.5 Å². The van der Waals surface area contributed by atoms with Crippen molar-refractivity contribution < 1.29 is 9.53 Å². The molecule has 2 aliphatic carbocycles. The number of ether oxygens (including phenoxy) is 1. The largest absolute Gasteiger partial charge is 0.496 e. The minimum Gasteiger partial charge on any atom is -0.496 e. The maximum absolute atomic E-state index is 12.5. The predicted molar refractivity (Wildman–Crippen MR) is 93.3 cm³/mol. The maximum Gasteiger partial charge on any atom is 0.139 e. The fourth-order valence-electron chi connectivity index (χ4n) is 4.83. The average Bonchev–Trinajstić information content (AvgIpc) is 2.55. The lowest BCUT2D eigenvalue weighted by Gasteiger charge is -2.45. The molecule has 0 aliphatic heterocycles. The average molecular weight is 308 g/mol. The quantitative estimate of drug-likeness (QED) is 0.745. The van der Waals surface area contributed by atoms with Crippen LogP contribution in [-0.4, -0.2) is 12.9 Å². The summed E-state index contributed by atoms with van der Waals surface area (Å²) in [5.74, 6) is 1.83. The lowest BCUT2D eigenvalue weighted by Crippen LogP contribution is -2.41. The Balaban J connectivity index is 1.92. The van der Waals surface area contributed by atoms with Crippen molar-refractivity contribution in [1.82, 2.24) is 0 Å². The summed E-state index contributed by atoms with van der Waals surface area (Å²) in [4.78, 5) is 12.5. The molecular weight excluding hydrogens is 284 g/mol. The second kappa shape index (κ2) is 5.09. The summed E-state index contributed by atoms with van der Waals surface area (Å²) in [6.07, 6.45) is 4.96. The van der Waals surface area contributed by atoms with Crippen LogP contribution in [0.1, 0.15) is 55.2 Å². The summed E-state index contributed by atoms with van der Waals surface area (Å²) in [6, 6.07) is 8.89. The van der Waals surface area contributed by atoms with Gasteiger partial charge < -0.3 is 4.74 Å². The molecule has 0 N–H and O–H groups in total. The fraction of sp³-hybridized carbons (Fsp3) is 0.476. The van der Waals surface area contributed by atoms with Crippen LogP contribution in [0.25, 0.3) is 10.8 Å².